The van der Waals surface area contributed by atoms with Crippen molar-refractivity contribution in [3.05, 3.63) is 85.2 Å². The Bertz CT molecular complexity index is 1400. The largest absolute Gasteiger partial charge is 0.437 e. The second-order valence-corrected chi connectivity index (χ2v) is 8.60. The van der Waals surface area contributed by atoms with Gasteiger partial charge in [0.2, 0.25) is 5.88 Å². The van der Waals surface area contributed by atoms with Crippen LogP contribution in [0.15, 0.2) is 54.7 Å². The average Bonchev–Trinajstić information content (AvgIpc) is 3.09. The maximum Gasteiger partial charge on any atom is 0.270 e. The Morgan fingerprint density at radius 1 is 1.16 bits per heavy atom. The van der Waals surface area contributed by atoms with Gasteiger partial charge in [-0.3, -0.25) is 14.8 Å². The third-order valence-corrected chi connectivity index (χ3v) is 5.65. The predicted molar refractivity (Wildman–Crippen MR) is 131 cm³/mol. The third kappa shape index (κ3) is 4.43. The standard InChI is InChI=1S/C24H19IN4O3/c1-15(2)28-22-14-23(21(25)13-20(22)16(3)27-28)32-24-18(7-5-11-26-24)10-9-17-6-4-8-19(12-17)29(30)31/h4-8,11-15H,1-3H3. The number of hydrogen-bond donors (Lipinski definition) is 0. The monoisotopic (exact) mass is 538 g/mol. The van der Waals surface area contributed by atoms with Gasteiger partial charge in [-0.05, 0) is 67.6 Å². The van der Waals surface area contributed by atoms with Gasteiger partial charge in [0, 0.05) is 41.4 Å². The van der Waals surface area contributed by atoms with E-state index in [2.05, 4.69) is 64.4 Å². The van der Waals surface area contributed by atoms with E-state index in [9.17, 15) is 10.1 Å². The van der Waals surface area contributed by atoms with Gasteiger partial charge in [0.15, 0.2) is 0 Å². The number of nitrogens with zero attached hydrogens (tertiary/aromatic N) is 4. The Morgan fingerprint density at radius 2 is 1.97 bits per heavy atom. The van der Waals surface area contributed by atoms with Crippen LogP contribution in [0.4, 0.5) is 5.69 Å². The zero-order valence-corrected chi connectivity index (χ0v) is 19.8. The van der Waals surface area contributed by atoms with E-state index in [1.54, 1.807) is 30.5 Å². The number of fused-ring (bicyclic) bond motifs is 1. The number of nitro benzene ring substituents is 1. The average molecular weight is 538 g/mol. The maximum atomic E-state index is 11.0. The first-order chi connectivity index (χ1) is 15.3. The topological polar surface area (TPSA) is 83.1 Å². The van der Waals surface area contributed by atoms with Crippen molar-refractivity contribution in [1.29, 1.82) is 0 Å². The Balaban J connectivity index is 1.71. The zero-order chi connectivity index (χ0) is 22.8. The lowest BCUT2D eigenvalue weighted by atomic mass is 10.2. The smallest absolute Gasteiger partial charge is 0.270 e. The number of nitro groups is 1. The molecule has 2 aromatic heterocycles. The van der Waals surface area contributed by atoms with Crippen LogP contribution in [0.25, 0.3) is 10.9 Å². The molecule has 0 amide bonds. The number of non-ortho nitro benzene ring substituents is 1. The van der Waals surface area contributed by atoms with Crippen LogP contribution in [0.5, 0.6) is 11.6 Å². The number of ether oxygens (including phenoxy) is 1. The van der Waals surface area contributed by atoms with Crippen molar-refractivity contribution < 1.29 is 9.66 Å². The molecule has 0 aliphatic rings. The molecule has 160 valence electrons. The van der Waals surface area contributed by atoms with Crippen molar-refractivity contribution in [2.75, 3.05) is 0 Å². The molecule has 0 bridgehead atoms. The highest BCUT2D eigenvalue weighted by molar-refractivity contribution is 14.1. The SMILES string of the molecule is Cc1nn(C(C)C)c2cc(Oc3ncccc3C#Cc3cccc([N+](=O)[O-])c3)c(I)cc12. The van der Waals surface area contributed by atoms with Gasteiger partial charge in [-0.1, -0.05) is 17.9 Å². The molecule has 0 fully saturated rings. The minimum atomic E-state index is -0.439. The summed E-state index contributed by atoms with van der Waals surface area (Å²) >= 11 is 2.24. The summed E-state index contributed by atoms with van der Waals surface area (Å²) in [6.07, 6.45) is 1.64. The Labute approximate surface area is 198 Å². The van der Waals surface area contributed by atoms with Crippen molar-refractivity contribution in [1.82, 2.24) is 14.8 Å². The van der Waals surface area contributed by atoms with E-state index in [0.29, 0.717) is 22.8 Å². The molecule has 4 aromatic rings. The van der Waals surface area contributed by atoms with Gasteiger partial charge in [-0.15, -0.1) is 0 Å². The summed E-state index contributed by atoms with van der Waals surface area (Å²) < 4.78 is 9.09. The molecular formula is C24H19IN4O3. The van der Waals surface area contributed by atoms with E-state index >= 15 is 0 Å². The Hall–Kier alpha value is -3.45. The lowest BCUT2D eigenvalue weighted by Gasteiger charge is -2.11. The minimum Gasteiger partial charge on any atom is -0.437 e. The molecule has 0 aliphatic carbocycles. The first kappa shape index (κ1) is 21.8. The Kier molecular flexibility index (Phi) is 6.10. The summed E-state index contributed by atoms with van der Waals surface area (Å²) in [5.41, 5.74) is 3.09. The molecule has 0 atom stereocenters. The van der Waals surface area contributed by atoms with Gasteiger partial charge in [-0.25, -0.2) is 4.98 Å². The van der Waals surface area contributed by atoms with E-state index in [1.807, 2.05) is 17.7 Å². The van der Waals surface area contributed by atoms with Crippen LogP contribution < -0.4 is 4.74 Å². The summed E-state index contributed by atoms with van der Waals surface area (Å²) in [6, 6.07) is 14.0. The van der Waals surface area contributed by atoms with E-state index in [1.165, 1.54) is 12.1 Å². The number of pyridine rings is 1. The van der Waals surface area contributed by atoms with Crippen LogP contribution >= 0.6 is 22.6 Å². The van der Waals surface area contributed by atoms with Crippen LogP contribution in [0, 0.1) is 32.4 Å². The highest BCUT2D eigenvalue weighted by Crippen LogP contribution is 2.33. The number of hydrogen-bond acceptors (Lipinski definition) is 5. The predicted octanol–water partition coefficient (Wildman–Crippen LogP) is 6.03. The molecule has 8 heteroatoms. The van der Waals surface area contributed by atoms with E-state index < -0.39 is 4.92 Å². The van der Waals surface area contributed by atoms with E-state index in [-0.39, 0.29) is 11.7 Å². The molecule has 32 heavy (non-hydrogen) atoms. The van der Waals surface area contributed by atoms with Crippen molar-refractivity contribution in [2.24, 2.45) is 0 Å². The fourth-order valence-corrected chi connectivity index (χ4v) is 3.85. The zero-order valence-electron chi connectivity index (χ0n) is 17.7. The molecule has 7 nitrogen and oxygen atoms in total. The summed E-state index contributed by atoms with van der Waals surface area (Å²) in [4.78, 5) is 14.9. The van der Waals surface area contributed by atoms with Crippen LogP contribution in [-0.2, 0) is 0 Å². The van der Waals surface area contributed by atoms with Crippen LogP contribution in [0.1, 0.15) is 36.7 Å². The van der Waals surface area contributed by atoms with Gasteiger partial charge >= 0.3 is 0 Å². The molecule has 0 aliphatic heterocycles. The van der Waals surface area contributed by atoms with Crippen molar-refractivity contribution >= 4 is 39.2 Å². The molecule has 0 spiro atoms. The normalized spacial score (nSPS) is 10.8. The van der Waals surface area contributed by atoms with Crippen molar-refractivity contribution in [3.8, 4) is 23.5 Å². The molecule has 0 saturated carbocycles. The summed E-state index contributed by atoms with van der Waals surface area (Å²) in [6.45, 7) is 6.17. The van der Waals surface area contributed by atoms with Crippen LogP contribution in [0.2, 0.25) is 0 Å². The fourth-order valence-electron chi connectivity index (χ4n) is 3.27. The van der Waals surface area contributed by atoms with E-state index in [0.717, 1.165) is 20.2 Å². The van der Waals surface area contributed by atoms with E-state index in [4.69, 9.17) is 4.74 Å². The van der Waals surface area contributed by atoms with Gasteiger partial charge in [0.25, 0.3) is 5.69 Å². The maximum absolute atomic E-state index is 11.0. The highest BCUT2D eigenvalue weighted by Gasteiger charge is 2.15. The van der Waals surface area contributed by atoms with Gasteiger partial charge in [0.1, 0.15) is 5.75 Å². The van der Waals surface area contributed by atoms with Crippen LogP contribution in [0.3, 0.4) is 0 Å². The quantitative estimate of drug-likeness (QED) is 0.137. The Morgan fingerprint density at radius 3 is 2.72 bits per heavy atom. The second-order valence-electron chi connectivity index (χ2n) is 7.44. The van der Waals surface area contributed by atoms with Crippen molar-refractivity contribution in [2.45, 2.75) is 26.8 Å². The lowest BCUT2D eigenvalue weighted by molar-refractivity contribution is -0.384. The summed E-state index contributed by atoms with van der Waals surface area (Å²) in [7, 11) is 0. The van der Waals surface area contributed by atoms with Gasteiger partial charge in [0.05, 0.1) is 25.3 Å². The van der Waals surface area contributed by atoms with Crippen LogP contribution in [-0.4, -0.2) is 19.7 Å². The van der Waals surface area contributed by atoms with Gasteiger partial charge < -0.3 is 4.74 Å². The minimum absolute atomic E-state index is 0.000580. The number of aryl methyl sites for hydroxylation is 1. The third-order valence-electron chi connectivity index (χ3n) is 4.81. The van der Waals surface area contributed by atoms with Gasteiger partial charge in [-0.2, -0.15) is 5.10 Å². The molecule has 0 unspecified atom stereocenters. The molecule has 0 N–H and O–H groups in total. The number of benzene rings is 2. The first-order valence-corrected chi connectivity index (χ1v) is 11.0. The number of aromatic nitrogens is 3. The summed E-state index contributed by atoms with van der Waals surface area (Å²) in [5, 5.41) is 16.7. The second kappa shape index (κ2) is 8.96. The molecule has 0 saturated heterocycles. The lowest BCUT2D eigenvalue weighted by Crippen LogP contribution is -2.02. The fraction of sp³-hybridized carbons (Fsp3) is 0.167. The summed E-state index contributed by atoms with van der Waals surface area (Å²) in [5.74, 6) is 7.02. The molecule has 2 heterocycles. The molecular weight excluding hydrogens is 519 g/mol. The molecule has 0 radical (unpaired) electrons. The highest BCUT2D eigenvalue weighted by atomic mass is 127. The first-order valence-electron chi connectivity index (χ1n) is 9.91. The van der Waals surface area contributed by atoms with Crippen molar-refractivity contribution in [3.63, 3.8) is 0 Å². The number of rotatable bonds is 4. The molecule has 4 rings (SSSR count). The number of halogens is 1. The molecule has 2 aromatic carbocycles.